The molecule has 1 heterocycles. The highest BCUT2D eigenvalue weighted by Gasteiger charge is 2.34. The molecule has 1 aliphatic rings. The minimum atomic E-state index is -0.505. The van der Waals surface area contributed by atoms with Crippen LogP contribution in [0.5, 0.6) is 5.75 Å². The zero-order valence-electron chi connectivity index (χ0n) is 17.0. The Morgan fingerprint density at radius 2 is 2.21 bits per heavy atom. The van der Waals surface area contributed by atoms with Crippen LogP contribution in [0, 0.1) is 12.8 Å². The first-order valence-electron chi connectivity index (χ1n) is 10.1. The Bertz CT molecular complexity index is 773. The Morgan fingerprint density at radius 1 is 1.39 bits per heavy atom. The predicted molar refractivity (Wildman–Crippen MR) is 108 cm³/mol. The molecule has 6 nitrogen and oxygen atoms in total. The van der Waals surface area contributed by atoms with Gasteiger partial charge in [0.2, 0.25) is 5.91 Å². The van der Waals surface area contributed by atoms with Crippen molar-refractivity contribution in [2.75, 3.05) is 6.61 Å². The van der Waals surface area contributed by atoms with Gasteiger partial charge in [0.15, 0.2) is 0 Å². The maximum absolute atomic E-state index is 12.3. The molecular formula is C22H31N3O3. The zero-order chi connectivity index (χ0) is 20.1. The highest BCUT2D eigenvalue weighted by atomic mass is 16.5. The smallest absolute Gasteiger partial charge is 0.223 e. The van der Waals surface area contributed by atoms with Crippen molar-refractivity contribution in [3.8, 4) is 5.75 Å². The molecule has 1 fully saturated rings. The highest BCUT2D eigenvalue weighted by molar-refractivity contribution is 5.76. The van der Waals surface area contributed by atoms with E-state index >= 15 is 0 Å². The molecule has 1 amide bonds. The van der Waals surface area contributed by atoms with Crippen LogP contribution in [0.4, 0.5) is 0 Å². The quantitative estimate of drug-likeness (QED) is 0.732. The van der Waals surface area contributed by atoms with Gasteiger partial charge in [0.25, 0.3) is 0 Å². The standard InChI is InChI=1S/C22H31N3O3/c1-15(2)18-6-5-16(3)11-21(18)28-10-7-22(27)24-19-12-17(13-20(19)26)14-25-9-4-8-23-25/h4-6,8-9,11,15,17,19-20,26H,7,10,12-14H2,1-3H3,(H,24,27)/t17?,19-,20-/m1/s1. The third-order valence-electron chi connectivity index (χ3n) is 5.36. The Balaban J connectivity index is 1.45. The average molecular weight is 386 g/mol. The summed E-state index contributed by atoms with van der Waals surface area (Å²) in [6, 6.07) is 7.88. The summed E-state index contributed by atoms with van der Waals surface area (Å²) < 4.78 is 7.78. The van der Waals surface area contributed by atoms with Gasteiger partial charge in [0.05, 0.1) is 25.2 Å². The topological polar surface area (TPSA) is 76.4 Å². The van der Waals surface area contributed by atoms with E-state index in [2.05, 4.69) is 36.4 Å². The molecule has 152 valence electrons. The number of nitrogens with zero attached hydrogens (tertiary/aromatic N) is 2. The van der Waals surface area contributed by atoms with Crippen LogP contribution in [0.25, 0.3) is 0 Å². The monoisotopic (exact) mass is 385 g/mol. The van der Waals surface area contributed by atoms with Gasteiger partial charge in [0, 0.05) is 18.9 Å². The first-order chi connectivity index (χ1) is 13.4. The van der Waals surface area contributed by atoms with Crippen molar-refractivity contribution in [1.29, 1.82) is 0 Å². The summed E-state index contributed by atoms with van der Waals surface area (Å²) in [5.74, 6) is 1.45. The second-order valence-corrected chi connectivity index (χ2v) is 8.10. The minimum Gasteiger partial charge on any atom is -0.493 e. The zero-order valence-corrected chi connectivity index (χ0v) is 17.0. The van der Waals surface area contributed by atoms with Crippen LogP contribution in [0.3, 0.4) is 0 Å². The van der Waals surface area contributed by atoms with Crippen molar-refractivity contribution in [3.63, 3.8) is 0 Å². The van der Waals surface area contributed by atoms with E-state index in [0.29, 0.717) is 24.9 Å². The van der Waals surface area contributed by atoms with Crippen molar-refractivity contribution in [2.24, 2.45) is 5.92 Å². The lowest BCUT2D eigenvalue weighted by Crippen LogP contribution is -2.40. The molecule has 0 bridgehead atoms. The number of carbonyl (C=O) groups excluding carboxylic acids is 1. The van der Waals surface area contributed by atoms with Gasteiger partial charge in [-0.1, -0.05) is 26.0 Å². The summed E-state index contributed by atoms with van der Waals surface area (Å²) in [5.41, 5.74) is 2.29. The molecule has 1 saturated carbocycles. The molecule has 0 radical (unpaired) electrons. The van der Waals surface area contributed by atoms with Gasteiger partial charge in [-0.05, 0) is 54.9 Å². The van der Waals surface area contributed by atoms with Crippen LogP contribution < -0.4 is 10.1 Å². The number of amides is 1. The molecular weight excluding hydrogens is 354 g/mol. The number of benzene rings is 1. The maximum atomic E-state index is 12.3. The van der Waals surface area contributed by atoms with Crippen molar-refractivity contribution < 1.29 is 14.6 Å². The van der Waals surface area contributed by atoms with Gasteiger partial charge in [-0.3, -0.25) is 9.48 Å². The molecule has 0 aliphatic heterocycles. The fourth-order valence-electron chi connectivity index (χ4n) is 3.87. The van der Waals surface area contributed by atoms with Gasteiger partial charge in [-0.25, -0.2) is 0 Å². The van der Waals surface area contributed by atoms with E-state index in [0.717, 1.165) is 29.8 Å². The largest absolute Gasteiger partial charge is 0.493 e. The molecule has 0 saturated heterocycles. The highest BCUT2D eigenvalue weighted by Crippen LogP contribution is 2.28. The second-order valence-electron chi connectivity index (χ2n) is 8.10. The summed E-state index contributed by atoms with van der Waals surface area (Å²) >= 11 is 0. The number of aryl methyl sites for hydroxylation is 1. The number of rotatable bonds is 8. The van der Waals surface area contributed by atoms with E-state index in [1.807, 2.05) is 29.9 Å². The molecule has 0 spiro atoms. The number of aliphatic hydroxyl groups excluding tert-OH is 1. The molecule has 1 aliphatic carbocycles. The van der Waals surface area contributed by atoms with Crippen LogP contribution in [0.15, 0.2) is 36.7 Å². The Labute approximate surface area is 166 Å². The molecule has 6 heteroatoms. The Hall–Kier alpha value is -2.34. The Morgan fingerprint density at radius 3 is 2.93 bits per heavy atom. The van der Waals surface area contributed by atoms with Crippen molar-refractivity contribution >= 4 is 5.91 Å². The van der Waals surface area contributed by atoms with E-state index in [4.69, 9.17) is 4.74 Å². The van der Waals surface area contributed by atoms with E-state index in [-0.39, 0.29) is 18.4 Å². The molecule has 1 aromatic carbocycles. The fourth-order valence-corrected chi connectivity index (χ4v) is 3.87. The predicted octanol–water partition coefficient (Wildman–Crippen LogP) is 3.04. The Kier molecular flexibility index (Phi) is 6.73. The van der Waals surface area contributed by atoms with Crippen LogP contribution in [-0.2, 0) is 11.3 Å². The van der Waals surface area contributed by atoms with Crippen molar-refractivity contribution in [2.45, 2.75) is 64.6 Å². The lowest BCUT2D eigenvalue weighted by atomic mass is 10.0. The van der Waals surface area contributed by atoms with Gasteiger partial charge in [0.1, 0.15) is 5.75 Å². The van der Waals surface area contributed by atoms with E-state index < -0.39 is 6.10 Å². The lowest BCUT2D eigenvalue weighted by molar-refractivity contribution is -0.122. The molecule has 2 aromatic rings. The number of hydrogen-bond donors (Lipinski definition) is 2. The minimum absolute atomic E-state index is 0.0810. The fraction of sp³-hybridized carbons (Fsp3) is 0.545. The first kappa shape index (κ1) is 20.4. The van der Waals surface area contributed by atoms with Gasteiger partial charge in [-0.15, -0.1) is 0 Å². The van der Waals surface area contributed by atoms with Gasteiger partial charge >= 0.3 is 0 Å². The summed E-state index contributed by atoms with van der Waals surface area (Å²) in [7, 11) is 0. The molecule has 1 aromatic heterocycles. The number of hydrogen-bond acceptors (Lipinski definition) is 4. The van der Waals surface area contributed by atoms with E-state index in [1.54, 1.807) is 6.20 Å². The molecule has 1 unspecified atom stereocenters. The molecule has 3 atom stereocenters. The lowest BCUT2D eigenvalue weighted by Gasteiger charge is -2.18. The normalized spacial score (nSPS) is 21.8. The number of carbonyl (C=O) groups is 1. The first-order valence-corrected chi connectivity index (χ1v) is 10.1. The molecule has 3 rings (SSSR count). The van der Waals surface area contributed by atoms with Crippen LogP contribution >= 0.6 is 0 Å². The third kappa shape index (κ3) is 5.35. The van der Waals surface area contributed by atoms with Crippen LogP contribution in [-0.4, -0.2) is 39.5 Å². The average Bonchev–Trinajstić information content (AvgIpc) is 3.25. The summed E-state index contributed by atoms with van der Waals surface area (Å²) in [6.07, 6.45) is 4.90. The maximum Gasteiger partial charge on any atom is 0.223 e. The number of nitrogens with one attached hydrogen (secondary N) is 1. The second kappa shape index (κ2) is 9.24. The van der Waals surface area contributed by atoms with E-state index in [9.17, 15) is 9.90 Å². The number of ether oxygens (including phenoxy) is 1. The SMILES string of the molecule is Cc1ccc(C(C)C)c(OCCC(=O)N[C@@H]2CC(Cn3cccn3)C[C@H]2O)c1. The van der Waals surface area contributed by atoms with Crippen molar-refractivity contribution in [1.82, 2.24) is 15.1 Å². The third-order valence-corrected chi connectivity index (χ3v) is 5.36. The van der Waals surface area contributed by atoms with Crippen LogP contribution in [0.1, 0.15) is 50.2 Å². The summed E-state index contributed by atoms with van der Waals surface area (Å²) in [4.78, 5) is 12.3. The number of aliphatic hydroxyl groups is 1. The summed E-state index contributed by atoms with van der Waals surface area (Å²) in [5, 5.41) is 17.5. The molecule has 2 N–H and O–H groups in total. The van der Waals surface area contributed by atoms with Gasteiger partial charge in [-0.2, -0.15) is 5.10 Å². The molecule has 28 heavy (non-hydrogen) atoms. The number of aromatic nitrogens is 2. The van der Waals surface area contributed by atoms with Crippen molar-refractivity contribution in [3.05, 3.63) is 47.8 Å². The summed E-state index contributed by atoms with van der Waals surface area (Å²) in [6.45, 7) is 7.39. The van der Waals surface area contributed by atoms with Gasteiger partial charge < -0.3 is 15.2 Å². The van der Waals surface area contributed by atoms with E-state index in [1.165, 1.54) is 0 Å². The van der Waals surface area contributed by atoms with Crippen LogP contribution in [0.2, 0.25) is 0 Å².